The first-order valence-corrected chi connectivity index (χ1v) is 6.15. The standard InChI is InChI=1S/C14H12N6/c1-16-13-12-7-19-20(14(12)18-9-17-13)8-11-5-3-2-4-10(11)6-15/h2-5,7,9H,8H2,1H3,(H,16,17,18). The monoisotopic (exact) mass is 264 g/mol. The van der Waals surface area contributed by atoms with Crippen LogP contribution in [0.5, 0.6) is 0 Å². The van der Waals surface area contributed by atoms with Gasteiger partial charge >= 0.3 is 0 Å². The van der Waals surface area contributed by atoms with Gasteiger partial charge in [0, 0.05) is 7.05 Å². The van der Waals surface area contributed by atoms with Gasteiger partial charge in [-0.2, -0.15) is 10.4 Å². The molecule has 0 fully saturated rings. The van der Waals surface area contributed by atoms with Crippen molar-refractivity contribution in [2.45, 2.75) is 6.54 Å². The second-order valence-corrected chi connectivity index (χ2v) is 4.28. The van der Waals surface area contributed by atoms with Crippen LogP contribution in [-0.4, -0.2) is 26.8 Å². The van der Waals surface area contributed by atoms with Crippen LogP contribution in [0.3, 0.4) is 0 Å². The molecular formula is C14H12N6. The topological polar surface area (TPSA) is 79.4 Å². The second-order valence-electron chi connectivity index (χ2n) is 4.28. The molecule has 0 saturated carbocycles. The average Bonchev–Trinajstić information content (AvgIpc) is 2.91. The van der Waals surface area contributed by atoms with Crippen molar-refractivity contribution >= 4 is 16.9 Å². The molecule has 0 spiro atoms. The molecule has 98 valence electrons. The number of anilines is 1. The highest BCUT2D eigenvalue weighted by molar-refractivity contribution is 5.85. The first-order chi connectivity index (χ1) is 9.83. The van der Waals surface area contributed by atoms with Crippen LogP contribution in [-0.2, 0) is 6.54 Å². The highest BCUT2D eigenvalue weighted by Gasteiger charge is 2.10. The number of nitriles is 1. The van der Waals surface area contributed by atoms with Crippen molar-refractivity contribution in [3.8, 4) is 6.07 Å². The number of nitrogens with zero attached hydrogens (tertiary/aromatic N) is 5. The normalized spacial score (nSPS) is 10.4. The Bertz CT molecular complexity index is 799. The van der Waals surface area contributed by atoms with Crippen LogP contribution in [0, 0.1) is 11.3 Å². The molecule has 0 amide bonds. The third-order valence-corrected chi connectivity index (χ3v) is 3.13. The van der Waals surface area contributed by atoms with E-state index in [-0.39, 0.29) is 0 Å². The van der Waals surface area contributed by atoms with E-state index >= 15 is 0 Å². The smallest absolute Gasteiger partial charge is 0.163 e. The minimum absolute atomic E-state index is 0.507. The summed E-state index contributed by atoms with van der Waals surface area (Å²) in [6.45, 7) is 0.507. The molecule has 0 bridgehead atoms. The van der Waals surface area contributed by atoms with Crippen molar-refractivity contribution < 1.29 is 0 Å². The zero-order valence-electron chi connectivity index (χ0n) is 10.9. The fraction of sp³-hybridized carbons (Fsp3) is 0.143. The van der Waals surface area contributed by atoms with Crippen LogP contribution in [0.4, 0.5) is 5.82 Å². The van der Waals surface area contributed by atoms with Gasteiger partial charge in [-0.05, 0) is 11.6 Å². The van der Waals surface area contributed by atoms with Crippen LogP contribution >= 0.6 is 0 Å². The van der Waals surface area contributed by atoms with Crippen LogP contribution in [0.2, 0.25) is 0 Å². The molecular weight excluding hydrogens is 252 g/mol. The molecule has 1 aromatic carbocycles. The van der Waals surface area contributed by atoms with E-state index in [1.165, 1.54) is 6.33 Å². The number of hydrogen-bond acceptors (Lipinski definition) is 5. The molecule has 1 N–H and O–H groups in total. The lowest BCUT2D eigenvalue weighted by Crippen LogP contribution is -2.04. The minimum atomic E-state index is 0.507. The van der Waals surface area contributed by atoms with Crippen molar-refractivity contribution in [2.24, 2.45) is 0 Å². The second kappa shape index (κ2) is 4.97. The first-order valence-electron chi connectivity index (χ1n) is 6.15. The van der Waals surface area contributed by atoms with Gasteiger partial charge in [0.05, 0.1) is 29.8 Å². The van der Waals surface area contributed by atoms with Crippen LogP contribution in [0.15, 0.2) is 36.8 Å². The van der Waals surface area contributed by atoms with E-state index in [0.717, 1.165) is 22.4 Å². The van der Waals surface area contributed by atoms with E-state index in [4.69, 9.17) is 5.26 Å². The number of rotatable bonds is 3. The number of fused-ring (bicyclic) bond motifs is 1. The van der Waals surface area contributed by atoms with E-state index in [1.54, 1.807) is 16.9 Å². The maximum atomic E-state index is 9.13. The lowest BCUT2D eigenvalue weighted by atomic mass is 10.1. The summed E-state index contributed by atoms with van der Waals surface area (Å²) >= 11 is 0. The number of benzene rings is 1. The number of nitrogens with one attached hydrogen (secondary N) is 1. The van der Waals surface area contributed by atoms with Gasteiger partial charge in [0.1, 0.15) is 12.1 Å². The molecule has 0 aliphatic carbocycles. The maximum Gasteiger partial charge on any atom is 0.163 e. The molecule has 0 unspecified atom stereocenters. The van der Waals surface area contributed by atoms with Crippen molar-refractivity contribution in [2.75, 3.05) is 12.4 Å². The molecule has 0 radical (unpaired) electrons. The van der Waals surface area contributed by atoms with E-state index in [1.807, 2.05) is 25.2 Å². The van der Waals surface area contributed by atoms with Gasteiger partial charge in [0.15, 0.2) is 5.65 Å². The van der Waals surface area contributed by atoms with Gasteiger partial charge in [-0.15, -0.1) is 0 Å². The summed E-state index contributed by atoms with van der Waals surface area (Å²) in [6, 6.07) is 9.68. The minimum Gasteiger partial charge on any atom is -0.372 e. The highest BCUT2D eigenvalue weighted by atomic mass is 15.3. The molecule has 0 atom stereocenters. The zero-order valence-corrected chi connectivity index (χ0v) is 10.9. The summed E-state index contributed by atoms with van der Waals surface area (Å²) < 4.78 is 1.77. The fourth-order valence-electron chi connectivity index (χ4n) is 2.14. The number of hydrogen-bond donors (Lipinski definition) is 1. The molecule has 6 nitrogen and oxygen atoms in total. The Morgan fingerprint density at radius 3 is 2.95 bits per heavy atom. The molecule has 3 aromatic rings. The van der Waals surface area contributed by atoms with Gasteiger partial charge in [-0.3, -0.25) is 0 Å². The Hall–Kier alpha value is -2.94. The summed E-state index contributed by atoms with van der Waals surface area (Å²) in [5.41, 5.74) is 2.32. The molecule has 6 heteroatoms. The quantitative estimate of drug-likeness (QED) is 0.780. The van der Waals surface area contributed by atoms with Crippen molar-refractivity contribution in [3.63, 3.8) is 0 Å². The Morgan fingerprint density at radius 1 is 1.30 bits per heavy atom. The Balaban J connectivity index is 2.06. The summed E-state index contributed by atoms with van der Waals surface area (Å²) in [4.78, 5) is 8.42. The Kier molecular flexibility index (Phi) is 3.01. The third kappa shape index (κ3) is 1.95. The molecule has 20 heavy (non-hydrogen) atoms. The fourth-order valence-corrected chi connectivity index (χ4v) is 2.14. The zero-order chi connectivity index (χ0) is 13.9. The van der Waals surface area contributed by atoms with Crippen molar-refractivity contribution in [1.29, 1.82) is 5.26 Å². The Morgan fingerprint density at radius 2 is 2.15 bits per heavy atom. The van der Waals surface area contributed by atoms with Crippen molar-refractivity contribution in [3.05, 3.63) is 47.9 Å². The predicted octanol–water partition coefficient (Wildman–Crippen LogP) is 1.79. The van der Waals surface area contributed by atoms with Crippen LogP contribution in [0.1, 0.15) is 11.1 Å². The largest absolute Gasteiger partial charge is 0.372 e. The highest BCUT2D eigenvalue weighted by Crippen LogP contribution is 2.19. The lowest BCUT2D eigenvalue weighted by molar-refractivity contribution is 0.702. The van der Waals surface area contributed by atoms with Gasteiger partial charge in [-0.25, -0.2) is 14.6 Å². The summed E-state index contributed by atoms with van der Waals surface area (Å²) in [6.07, 6.45) is 3.23. The summed E-state index contributed by atoms with van der Waals surface area (Å²) in [5, 5.41) is 17.3. The first kappa shape index (κ1) is 12.1. The molecule has 3 rings (SSSR count). The molecule has 0 aliphatic rings. The Labute approximate surface area is 115 Å². The SMILES string of the molecule is CNc1ncnc2c1cnn2Cc1ccccc1C#N. The average molecular weight is 264 g/mol. The van der Waals surface area contributed by atoms with E-state index in [2.05, 4.69) is 26.5 Å². The molecule has 0 aliphatic heterocycles. The van der Waals surface area contributed by atoms with E-state index in [9.17, 15) is 0 Å². The van der Waals surface area contributed by atoms with Gasteiger partial charge in [0.25, 0.3) is 0 Å². The van der Waals surface area contributed by atoms with Crippen molar-refractivity contribution in [1.82, 2.24) is 19.7 Å². The van der Waals surface area contributed by atoms with Gasteiger partial charge in [-0.1, -0.05) is 18.2 Å². The van der Waals surface area contributed by atoms with Crippen LogP contribution in [0.25, 0.3) is 11.0 Å². The van der Waals surface area contributed by atoms with E-state index < -0.39 is 0 Å². The third-order valence-electron chi connectivity index (χ3n) is 3.13. The summed E-state index contributed by atoms with van der Waals surface area (Å²) in [5.74, 6) is 0.745. The predicted molar refractivity (Wildman–Crippen MR) is 75.1 cm³/mol. The van der Waals surface area contributed by atoms with Gasteiger partial charge in [0.2, 0.25) is 0 Å². The number of aromatic nitrogens is 4. The van der Waals surface area contributed by atoms with E-state index in [0.29, 0.717) is 12.1 Å². The lowest BCUT2D eigenvalue weighted by Gasteiger charge is -2.05. The summed E-state index contributed by atoms with van der Waals surface area (Å²) in [7, 11) is 1.81. The molecule has 2 heterocycles. The van der Waals surface area contributed by atoms with Gasteiger partial charge < -0.3 is 5.32 Å². The molecule has 2 aromatic heterocycles. The molecule has 0 saturated heterocycles. The van der Waals surface area contributed by atoms with Crippen LogP contribution < -0.4 is 5.32 Å². The maximum absolute atomic E-state index is 9.13.